The Morgan fingerprint density at radius 1 is 1.50 bits per heavy atom. The topological polar surface area (TPSA) is 81.1 Å². The number of aromatic nitrogens is 3. The summed E-state index contributed by atoms with van der Waals surface area (Å²) in [5.41, 5.74) is 0. The summed E-state index contributed by atoms with van der Waals surface area (Å²) in [4.78, 5) is 11.9. The zero-order chi connectivity index (χ0) is 13.9. The van der Waals surface area contributed by atoms with Crippen molar-refractivity contribution in [3.8, 4) is 0 Å². The normalized spacial score (nSPS) is 22.6. The van der Waals surface area contributed by atoms with E-state index < -0.39 is 0 Å². The number of aryl methyl sites for hydroxylation is 1. The number of amides is 2. The van der Waals surface area contributed by atoms with Crippen molar-refractivity contribution in [1.29, 1.82) is 0 Å². The summed E-state index contributed by atoms with van der Waals surface area (Å²) in [5.74, 6) is 1.85. The fourth-order valence-corrected chi connectivity index (χ4v) is 2.85. The van der Waals surface area contributed by atoms with Crippen LogP contribution in [0.2, 0.25) is 0 Å². The first-order valence-electron chi connectivity index (χ1n) is 7.31. The highest BCUT2D eigenvalue weighted by atomic mass is 16.5. The maximum absolute atomic E-state index is 11.9. The minimum atomic E-state index is -0.177. The highest BCUT2D eigenvalue weighted by Crippen LogP contribution is 2.15. The van der Waals surface area contributed by atoms with Crippen LogP contribution in [0.15, 0.2) is 0 Å². The number of urea groups is 1. The Hall–Kier alpha value is -1.63. The van der Waals surface area contributed by atoms with Crippen LogP contribution < -0.4 is 10.6 Å². The molecule has 0 aromatic carbocycles. The van der Waals surface area contributed by atoms with E-state index in [1.165, 1.54) is 0 Å². The van der Waals surface area contributed by atoms with Crippen LogP contribution in [0, 0.1) is 0 Å². The summed E-state index contributed by atoms with van der Waals surface area (Å²) in [6.07, 6.45) is 4.32. The molecule has 0 saturated carbocycles. The lowest BCUT2D eigenvalue weighted by Crippen LogP contribution is -2.45. The van der Waals surface area contributed by atoms with Crippen LogP contribution >= 0.6 is 0 Å². The van der Waals surface area contributed by atoms with Gasteiger partial charge in [-0.2, -0.15) is 0 Å². The number of ether oxygens (including phenoxy) is 1. The molecule has 110 valence electrons. The molecule has 2 aliphatic rings. The molecule has 2 amide bonds. The summed E-state index contributed by atoms with van der Waals surface area (Å²) in [5, 5.41) is 14.0. The van der Waals surface area contributed by atoms with Crippen LogP contribution in [0.25, 0.3) is 0 Å². The molecule has 20 heavy (non-hydrogen) atoms. The molecule has 1 aromatic rings. The predicted molar refractivity (Wildman–Crippen MR) is 72.2 cm³/mol. The zero-order valence-corrected chi connectivity index (χ0v) is 11.8. The van der Waals surface area contributed by atoms with Gasteiger partial charge in [-0.1, -0.05) is 0 Å². The van der Waals surface area contributed by atoms with Gasteiger partial charge in [0.2, 0.25) is 0 Å². The Morgan fingerprint density at radius 2 is 2.40 bits per heavy atom. The third-order valence-corrected chi connectivity index (χ3v) is 3.97. The van der Waals surface area contributed by atoms with E-state index >= 15 is 0 Å². The number of hydrogen-bond acceptors (Lipinski definition) is 4. The second-order valence-electron chi connectivity index (χ2n) is 5.45. The maximum Gasteiger partial charge on any atom is 0.315 e. The number of rotatable bonds is 4. The minimum absolute atomic E-state index is 0.0293. The molecular formula is C13H21N5O2. The van der Waals surface area contributed by atoms with E-state index in [9.17, 15) is 4.79 Å². The largest absolute Gasteiger partial charge is 0.376 e. The summed E-state index contributed by atoms with van der Waals surface area (Å²) in [6.45, 7) is 4.14. The standard InChI is InChI=1S/C13H21N5O2/c1-9(10-4-3-7-20-10)15-13(19)14-8-12-17-16-11-5-2-6-18(11)12/h9-10H,2-8H2,1H3,(H2,14,15,19)/t9-,10-/m0/s1. The minimum Gasteiger partial charge on any atom is -0.376 e. The molecule has 1 saturated heterocycles. The molecule has 0 radical (unpaired) electrons. The quantitative estimate of drug-likeness (QED) is 0.845. The van der Waals surface area contributed by atoms with Gasteiger partial charge in [-0.15, -0.1) is 10.2 Å². The average molecular weight is 279 g/mol. The van der Waals surface area contributed by atoms with Crippen molar-refractivity contribution in [2.45, 2.75) is 57.8 Å². The molecule has 2 N–H and O–H groups in total. The van der Waals surface area contributed by atoms with Crippen molar-refractivity contribution in [1.82, 2.24) is 25.4 Å². The van der Waals surface area contributed by atoms with E-state index in [1.54, 1.807) is 0 Å². The van der Waals surface area contributed by atoms with E-state index in [2.05, 4.69) is 25.4 Å². The van der Waals surface area contributed by atoms with Crippen molar-refractivity contribution < 1.29 is 9.53 Å². The Morgan fingerprint density at radius 3 is 3.20 bits per heavy atom. The van der Waals surface area contributed by atoms with Crippen LogP contribution in [0.3, 0.4) is 0 Å². The van der Waals surface area contributed by atoms with Crippen molar-refractivity contribution in [3.05, 3.63) is 11.6 Å². The van der Waals surface area contributed by atoms with Crippen molar-refractivity contribution in [2.24, 2.45) is 0 Å². The lowest BCUT2D eigenvalue weighted by molar-refractivity contribution is 0.0860. The summed E-state index contributed by atoms with van der Waals surface area (Å²) >= 11 is 0. The van der Waals surface area contributed by atoms with Crippen molar-refractivity contribution >= 4 is 6.03 Å². The van der Waals surface area contributed by atoms with E-state index in [0.717, 1.165) is 50.5 Å². The van der Waals surface area contributed by atoms with Gasteiger partial charge in [-0.05, 0) is 26.2 Å². The Kier molecular flexibility index (Phi) is 3.86. The fraction of sp³-hybridized carbons (Fsp3) is 0.769. The lowest BCUT2D eigenvalue weighted by atomic mass is 10.1. The van der Waals surface area contributed by atoms with Gasteiger partial charge in [0.15, 0.2) is 5.82 Å². The van der Waals surface area contributed by atoms with Gasteiger partial charge >= 0.3 is 6.03 Å². The maximum atomic E-state index is 11.9. The number of fused-ring (bicyclic) bond motifs is 1. The number of nitrogens with zero attached hydrogens (tertiary/aromatic N) is 3. The molecule has 1 fully saturated rings. The van der Waals surface area contributed by atoms with E-state index in [0.29, 0.717) is 6.54 Å². The van der Waals surface area contributed by atoms with Gasteiger partial charge in [-0.25, -0.2) is 4.79 Å². The summed E-state index contributed by atoms with van der Waals surface area (Å²) in [7, 11) is 0. The number of carbonyl (C=O) groups is 1. The fourth-order valence-electron chi connectivity index (χ4n) is 2.85. The van der Waals surface area contributed by atoms with Gasteiger partial charge in [0.05, 0.1) is 18.7 Å². The zero-order valence-electron chi connectivity index (χ0n) is 11.8. The van der Waals surface area contributed by atoms with Gasteiger partial charge in [-0.3, -0.25) is 0 Å². The first kappa shape index (κ1) is 13.4. The number of carbonyl (C=O) groups excluding carboxylic acids is 1. The molecule has 3 rings (SSSR count). The SMILES string of the molecule is C[C@H](NC(=O)NCc1nnc2n1CCC2)[C@@H]1CCCO1. The Bertz CT molecular complexity index is 481. The Balaban J connectivity index is 1.47. The third-order valence-electron chi connectivity index (χ3n) is 3.97. The lowest BCUT2D eigenvalue weighted by Gasteiger charge is -2.20. The van der Waals surface area contributed by atoms with Gasteiger partial charge in [0.1, 0.15) is 5.82 Å². The first-order chi connectivity index (χ1) is 9.74. The molecule has 7 heteroatoms. The van der Waals surface area contributed by atoms with Crippen LogP contribution in [0.5, 0.6) is 0 Å². The third kappa shape index (κ3) is 2.77. The van der Waals surface area contributed by atoms with Gasteiger partial charge in [0.25, 0.3) is 0 Å². The monoisotopic (exact) mass is 279 g/mol. The number of hydrogen-bond donors (Lipinski definition) is 2. The molecule has 2 aliphatic heterocycles. The van der Waals surface area contributed by atoms with Crippen molar-refractivity contribution in [2.75, 3.05) is 6.61 Å². The predicted octanol–water partition coefficient (Wildman–Crippen LogP) is 0.591. The summed E-state index contributed by atoms with van der Waals surface area (Å²) in [6, 6.07) is -0.148. The molecular weight excluding hydrogens is 258 g/mol. The van der Waals surface area contributed by atoms with Crippen molar-refractivity contribution in [3.63, 3.8) is 0 Å². The van der Waals surface area contributed by atoms with E-state index in [-0.39, 0.29) is 18.2 Å². The molecule has 0 unspecified atom stereocenters. The Labute approximate surface area is 118 Å². The molecule has 0 spiro atoms. The highest BCUT2D eigenvalue weighted by molar-refractivity contribution is 5.74. The second-order valence-corrected chi connectivity index (χ2v) is 5.45. The highest BCUT2D eigenvalue weighted by Gasteiger charge is 2.24. The molecule has 1 aromatic heterocycles. The van der Waals surface area contributed by atoms with E-state index in [1.807, 2.05) is 6.92 Å². The van der Waals surface area contributed by atoms with Gasteiger partial charge in [0, 0.05) is 19.6 Å². The average Bonchev–Trinajstić information content (AvgIpc) is 3.14. The first-order valence-corrected chi connectivity index (χ1v) is 7.31. The van der Waals surface area contributed by atoms with Crippen LogP contribution in [-0.2, 0) is 24.2 Å². The van der Waals surface area contributed by atoms with Crippen LogP contribution in [0.4, 0.5) is 4.79 Å². The smallest absolute Gasteiger partial charge is 0.315 e. The van der Waals surface area contributed by atoms with Crippen LogP contribution in [-0.4, -0.2) is 39.5 Å². The second kappa shape index (κ2) is 5.78. The van der Waals surface area contributed by atoms with Crippen LogP contribution in [0.1, 0.15) is 37.8 Å². The molecule has 0 bridgehead atoms. The summed E-state index contributed by atoms with van der Waals surface area (Å²) < 4.78 is 7.64. The molecule has 2 atom stereocenters. The molecule has 7 nitrogen and oxygen atoms in total. The molecule has 3 heterocycles. The number of nitrogens with one attached hydrogen (secondary N) is 2. The van der Waals surface area contributed by atoms with Gasteiger partial charge < -0.3 is 19.9 Å². The molecule has 0 aliphatic carbocycles. The van der Waals surface area contributed by atoms with E-state index in [4.69, 9.17) is 4.74 Å².